The largest absolute Gasteiger partial charge is 0.494 e. The van der Waals surface area contributed by atoms with Crippen LogP contribution in [0, 0.1) is 0 Å². The number of hydrogen-bond donors (Lipinski definition) is 1. The van der Waals surface area contributed by atoms with Crippen LogP contribution in [-0.4, -0.2) is 48.7 Å². The van der Waals surface area contributed by atoms with Crippen LogP contribution in [0.5, 0.6) is 23.0 Å². The fraction of sp³-hybridized carbons (Fsp3) is 0.370. The van der Waals surface area contributed by atoms with Crippen LogP contribution in [0.2, 0.25) is 0 Å². The first-order chi connectivity index (χ1) is 17.5. The van der Waals surface area contributed by atoms with Crippen LogP contribution < -0.4 is 29.8 Å². The lowest BCUT2D eigenvalue weighted by Gasteiger charge is -2.17. The van der Waals surface area contributed by atoms with E-state index >= 15 is 0 Å². The van der Waals surface area contributed by atoms with Crippen molar-refractivity contribution in [1.82, 2.24) is 15.1 Å². The van der Waals surface area contributed by atoms with E-state index in [4.69, 9.17) is 18.9 Å². The van der Waals surface area contributed by atoms with Crippen molar-refractivity contribution in [2.24, 2.45) is 0 Å². The van der Waals surface area contributed by atoms with Crippen molar-refractivity contribution < 1.29 is 23.7 Å². The number of benzene rings is 2. The second-order valence-corrected chi connectivity index (χ2v) is 7.59. The van der Waals surface area contributed by atoms with Gasteiger partial charge in [-0.1, -0.05) is 0 Å². The zero-order chi connectivity index (χ0) is 25.9. The third-order valence-electron chi connectivity index (χ3n) is 5.11. The van der Waals surface area contributed by atoms with Gasteiger partial charge in [0.2, 0.25) is 5.75 Å². The Bertz CT molecular complexity index is 1180. The zero-order valence-electron chi connectivity index (χ0n) is 21.2. The Balaban J connectivity index is 1.72. The summed E-state index contributed by atoms with van der Waals surface area (Å²) in [6.07, 6.45) is 0. The van der Waals surface area contributed by atoms with Crippen molar-refractivity contribution in [3.05, 3.63) is 64.4 Å². The molecule has 0 bridgehead atoms. The average Bonchev–Trinajstić information content (AvgIpc) is 2.88. The first-order valence-corrected chi connectivity index (χ1v) is 12.2. The van der Waals surface area contributed by atoms with Gasteiger partial charge in [0.15, 0.2) is 11.5 Å². The highest BCUT2D eigenvalue weighted by Gasteiger charge is 2.18. The third kappa shape index (κ3) is 6.78. The predicted molar refractivity (Wildman–Crippen MR) is 137 cm³/mol. The molecular formula is C27H33N3O6. The lowest BCUT2D eigenvalue weighted by atomic mass is 10.1. The molecule has 0 aliphatic rings. The lowest BCUT2D eigenvalue weighted by molar-refractivity contribution is 0.0950. The smallest absolute Gasteiger partial charge is 0.266 e. The van der Waals surface area contributed by atoms with Gasteiger partial charge in [-0.05, 0) is 70.2 Å². The number of nitrogens with one attached hydrogen (secondary N) is 1. The molecule has 0 saturated carbocycles. The standard InChI is InChI=1S/C27H33N3O6/c1-5-33-21-11-9-19(10-12-21)22-13-14-25(31)30(29-22)16-15-28-27(32)20-17-23(34-6-2)26(36-8-4)24(18-20)35-7-3/h9-14,17-18H,5-8,15-16H2,1-4H3,(H,28,32). The highest BCUT2D eigenvalue weighted by atomic mass is 16.5. The van der Waals surface area contributed by atoms with Gasteiger partial charge in [0.25, 0.3) is 11.5 Å². The highest BCUT2D eigenvalue weighted by molar-refractivity contribution is 5.95. The molecule has 2 aromatic carbocycles. The topological polar surface area (TPSA) is 101 Å². The van der Waals surface area contributed by atoms with Crippen molar-refractivity contribution >= 4 is 5.91 Å². The van der Waals surface area contributed by atoms with Crippen LogP contribution in [0.25, 0.3) is 11.3 Å². The molecule has 9 nitrogen and oxygen atoms in total. The number of nitrogens with zero attached hydrogens (tertiary/aromatic N) is 2. The molecule has 1 heterocycles. The number of aromatic nitrogens is 2. The minimum absolute atomic E-state index is 0.208. The molecule has 0 unspecified atom stereocenters. The molecule has 0 radical (unpaired) electrons. The summed E-state index contributed by atoms with van der Waals surface area (Å²) in [5.41, 5.74) is 1.63. The van der Waals surface area contributed by atoms with E-state index in [9.17, 15) is 9.59 Å². The lowest BCUT2D eigenvalue weighted by Crippen LogP contribution is -2.32. The number of carbonyl (C=O) groups excluding carboxylic acids is 1. The zero-order valence-corrected chi connectivity index (χ0v) is 21.2. The predicted octanol–water partition coefficient (Wildman–Crippen LogP) is 3.94. The minimum Gasteiger partial charge on any atom is -0.494 e. The van der Waals surface area contributed by atoms with Crippen LogP contribution in [-0.2, 0) is 6.54 Å². The summed E-state index contributed by atoms with van der Waals surface area (Å²) >= 11 is 0. The van der Waals surface area contributed by atoms with Gasteiger partial charge in [-0.2, -0.15) is 5.10 Å². The van der Waals surface area contributed by atoms with Crippen LogP contribution in [0.15, 0.2) is 53.3 Å². The monoisotopic (exact) mass is 495 g/mol. The molecule has 9 heteroatoms. The van der Waals surface area contributed by atoms with Crippen molar-refractivity contribution in [2.75, 3.05) is 33.0 Å². The van der Waals surface area contributed by atoms with Gasteiger partial charge >= 0.3 is 0 Å². The van der Waals surface area contributed by atoms with Gasteiger partial charge in [-0.15, -0.1) is 0 Å². The molecule has 0 saturated heterocycles. The Labute approximate surface area is 211 Å². The first-order valence-electron chi connectivity index (χ1n) is 12.2. The van der Waals surface area contributed by atoms with Gasteiger partial charge in [-0.25, -0.2) is 4.68 Å². The van der Waals surface area contributed by atoms with Crippen molar-refractivity contribution in [3.63, 3.8) is 0 Å². The summed E-state index contributed by atoms with van der Waals surface area (Å²) in [6.45, 7) is 9.77. The maximum Gasteiger partial charge on any atom is 0.266 e. The van der Waals surface area contributed by atoms with Gasteiger partial charge in [-0.3, -0.25) is 9.59 Å². The molecule has 0 fully saturated rings. The Kier molecular flexibility index (Phi) is 9.73. The summed E-state index contributed by atoms with van der Waals surface area (Å²) in [7, 11) is 0. The number of amides is 1. The second-order valence-electron chi connectivity index (χ2n) is 7.59. The van der Waals surface area contributed by atoms with Gasteiger partial charge in [0.05, 0.1) is 38.7 Å². The first kappa shape index (κ1) is 26.6. The Morgan fingerprint density at radius 3 is 2.03 bits per heavy atom. The number of rotatable bonds is 13. The van der Waals surface area contributed by atoms with E-state index in [2.05, 4.69) is 10.4 Å². The van der Waals surface area contributed by atoms with Gasteiger partial charge in [0, 0.05) is 23.7 Å². The minimum atomic E-state index is -0.323. The quantitative estimate of drug-likeness (QED) is 0.383. The normalized spacial score (nSPS) is 10.6. The maximum absolute atomic E-state index is 12.9. The molecule has 1 aromatic heterocycles. The summed E-state index contributed by atoms with van der Waals surface area (Å²) in [4.78, 5) is 25.2. The van der Waals surface area contributed by atoms with Crippen molar-refractivity contribution in [1.29, 1.82) is 0 Å². The SMILES string of the molecule is CCOc1ccc(-c2ccc(=O)n(CCNC(=O)c3cc(OCC)c(OCC)c(OCC)c3)n2)cc1. The van der Waals surface area contributed by atoms with E-state index in [-0.39, 0.29) is 24.6 Å². The summed E-state index contributed by atoms with van der Waals surface area (Å²) in [5.74, 6) is 1.80. The molecular weight excluding hydrogens is 462 g/mol. The fourth-order valence-corrected chi connectivity index (χ4v) is 3.55. The van der Waals surface area contributed by atoms with Crippen molar-refractivity contribution in [2.45, 2.75) is 34.2 Å². The molecule has 3 rings (SSSR count). The molecule has 0 atom stereocenters. The average molecular weight is 496 g/mol. The molecule has 36 heavy (non-hydrogen) atoms. The Hall–Kier alpha value is -4.01. The second kappa shape index (κ2) is 13.2. The molecule has 192 valence electrons. The van der Waals surface area contributed by atoms with E-state index in [0.29, 0.717) is 54.9 Å². The third-order valence-corrected chi connectivity index (χ3v) is 5.11. The van der Waals surface area contributed by atoms with Gasteiger partial charge in [0.1, 0.15) is 5.75 Å². The summed E-state index contributed by atoms with van der Waals surface area (Å²) in [5, 5.41) is 7.29. The molecule has 1 N–H and O–H groups in total. The molecule has 1 amide bonds. The Morgan fingerprint density at radius 1 is 0.833 bits per heavy atom. The van der Waals surface area contributed by atoms with Crippen LogP contribution >= 0.6 is 0 Å². The van der Waals surface area contributed by atoms with E-state index in [1.165, 1.54) is 10.7 Å². The van der Waals surface area contributed by atoms with Crippen LogP contribution in [0.4, 0.5) is 0 Å². The maximum atomic E-state index is 12.9. The van der Waals surface area contributed by atoms with Crippen LogP contribution in [0.1, 0.15) is 38.1 Å². The summed E-state index contributed by atoms with van der Waals surface area (Å²) in [6, 6.07) is 13.9. The number of carbonyl (C=O) groups is 1. The van der Waals surface area contributed by atoms with E-state index in [1.54, 1.807) is 18.2 Å². The summed E-state index contributed by atoms with van der Waals surface area (Å²) < 4.78 is 23.9. The number of hydrogen-bond acceptors (Lipinski definition) is 7. The van der Waals surface area contributed by atoms with E-state index in [0.717, 1.165) is 11.3 Å². The molecule has 3 aromatic rings. The molecule has 0 aliphatic heterocycles. The van der Waals surface area contributed by atoms with Crippen LogP contribution in [0.3, 0.4) is 0 Å². The fourth-order valence-electron chi connectivity index (χ4n) is 3.55. The van der Waals surface area contributed by atoms with Crippen molar-refractivity contribution in [3.8, 4) is 34.3 Å². The Morgan fingerprint density at radius 2 is 1.44 bits per heavy atom. The molecule has 0 aliphatic carbocycles. The number of ether oxygens (including phenoxy) is 4. The van der Waals surface area contributed by atoms with E-state index < -0.39 is 0 Å². The van der Waals surface area contributed by atoms with Gasteiger partial charge < -0.3 is 24.3 Å². The highest BCUT2D eigenvalue weighted by Crippen LogP contribution is 2.39. The van der Waals surface area contributed by atoms with E-state index in [1.807, 2.05) is 52.0 Å². The molecule has 0 spiro atoms.